The molecule has 6 heteroatoms. The number of esters is 2. The van der Waals surface area contributed by atoms with Crippen molar-refractivity contribution in [1.29, 1.82) is 0 Å². The van der Waals surface area contributed by atoms with E-state index in [4.69, 9.17) is 9.47 Å². The second kappa shape index (κ2) is 6.60. The third kappa shape index (κ3) is 4.38. The van der Waals surface area contributed by atoms with E-state index in [1.165, 1.54) is 30.3 Å². The van der Waals surface area contributed by atoms with Crippen molar-refractivity contribution in [3.05, 3.63) is 60.2 Å². The Hall–Kier alpha value is -2.76. The van der Waals surface area contributed by atoms with E-state index < -0.39 is 30.0 Å². The molecule has 21 heavy (non-hydrogen) atoms. The van der Waals surface area contributed by atoms with Crippen molar-refractivity contribution in [3.8, 4) is 11.5 Å². The molecule has 0 aliphatic rings. The highest BCUT2D eigenvalue weighted by molar-refractivity contribution is 5.93. The van der Waals surface area contributed by atoms with Gasteiger partial charge in [-0.05, 0) is 36.4 Å². The summed E-state index contributed by atoms with van der Waals surface area (Å²) in [6.07, 6.45) is -0.689. The van der Waals surface area contributed by atoms with E-state index in [2.05, 4.69) is 0 Å². The normalized spacial score (nSPS) is 10.0. The van der Waals surface area contributed by atoms with Gasteiger partial charge in [0.05, 0.1) is 0 Å². The lowest BCUT2D eigenvalue weighted by atomic mass is 10.3. The van der Waals surface area contributed by atoms with Crippen molar-refractivity contribution >= 4 is 11.9 Å². The van der Waals surface area contributed by atoms with E-state index in [1.807, 2.05) is 0 Å². The summed E-state index contributed by atoms with van der Waals surface area (Å²) in [7, 11) is 0. The van der Waals surface area contributed by atoms with E-state index >= 15 is 0 Å². The van der Waals surface area contributed by atoms with Gasteiger partial charge < -0.3 is 9.47 Å². The minimum Gasteiger partial charge on any atom is -0.426 e. The largest absolute Gasteiger partial charge is 0.426 e. The molecule has 2 aromatic carbocycles. The van der Waals surface area contributed by atoms with Gasteiger partial charge in [0.25, 0.3) is 0 Å². The third-order valence-electron chi connectivity index (χ3n) is 2.39. The number of ether oxygens (including phenoxy) is 2. The highest BCUT2D eigenvalue weighted by atomic mass is 19.1. The van der Waals surface area contributed by atoms with Crippen molar-refractivity contribution in [1.82, 2.24) is 0 Å². The minimum absolute atomic E-state index is 0.0973. The molecule has 0 saturated carbocycles. The number of para-hydroxylation sites is 1. The van der Waals surface area contributed by atoms with Gasteiger partial charge in [0.15, 0.2) is 11.6 Å². The number of halogens is 2. The van der Waals surface area contributed by atoms with Gasteiger partial charge in [-0.1, -0.05) is 12.1 Å². The summed E-state index contributed by atoms with van der Waals surface area (Å²) < 4.78 is 35.4. The monoisotopic (exact) mass is 292 g/mol. The molecule has 0 atom stereocenters. The lowest BCUT2D eigenvalue weighted by Crippen LogP contribution is -2.18. The number of rotatable bonds is 4. The third-order valence-corrected chi connectivity index (χ3v) is 2.39. The van der Waals surface area contributed by atoms with E-state index in [0.29, 0.717) is 0 Å². The summed E-state index contributed by atoms with van der Waals surface area (Å²) in [6, 6.07) is 10.0. The molecule has 0 aliphatic carbocycles. The number of hydrogen-bond acceptors (Lipinski definition) is 4. The number of hydrogen-bond donors (Lipinski definition) is 0. The average molecular weight is 292 g/mol. The number of carbonyl (C=O) groups excluding carboxylic acids is 2. The molecule has 108 valence electrons. The van der Waals surface area contributed by atoms with E-state index in [1.54, 1.807) is 0 Å². The Labute approximate surface area is 118 Å². The van der Waals surface area contributed by atoms with Crippen molar-refractivity contribution in [3.63, 3.8) is 0 Å². The molecular formula is C15H10F2O4. The predicted molar refractivity (Wildman–Crippen MR) is 68.7 cm³/mol. The molecule has 0 aromatic heterocycles. The standard InChI is InChI=1S/C15H10F2O4/c16-10-5-7-11(8-6-10)20-14(18)9-15(19)21-13-4-2-1-3-12(13)17/h1-8H,9H2. The Morgan fingerprint density at radius 1 is 0.857 bits per heavy atom. The van der Waals surface area contributed by atoms with Crippen LogP contribution < -0.4 is 9.47 Å². The van der Waals surface area contributed by atoms with Gasteiger partial charge in [-0.25, -0.2) is 8.78 Å². The van der Waals surface area contributed by atoms with Crippen LogP contribution in [0.15, 0.2) is 48.5 Å². The second-order valence-electron chi connectivity index (χ2n) is 4.01. The molecule has 0 spiro atoms. The highest BCUT2D eigenvalue weighted by Gasteiger charge is 2.15. The minimum atomic E-state index is -0.952. The first-order valence-electron chi connectivity index (χ1n) is 5.96. The van der Waals surface area contributed by atoms with Gasteiger partial charge in [-0.2, -0.15) is 0 Å². The van der Waals surface area contributed by atoms with Crippen molar-refractivity contribution in [2.24, 2.45) is 0 Å². The van der Waals surface area contributed by atoms with Gasteiger partial charge in [-0.15, -0.1) is 0 Å². The zero-order chi connectivity index (χ0) is 15.2. The lowest BCUT2D eigenvalue weighted by Gasteiger charge is -2.05. The Morgan fingerprint density at radius 2 is 1.48 bits per heavy atom. The van der Waals surface area contributed by atoms with Crippen molar-refractivity contribution in [2.45, 2.75) is 6.42 Å². The summed E-state index contributed by atoms with van der Waals surface area (Å²) in [5.41, 5.74) is 0. The first-order valence-corrected chi connectivity index (χ1v) is 5.96. The van der Waals surface area contributed by atoms with E-state index in [0.717, 1.165) is 18.2 Å². The SMILES string of the molecule is O=C(CC(=O)Oc1ccccc1F)Oc1ccc(F)cc1. The molecule has 2 aromatic rings. The molecule has 0 fully saturated rings. The first-order chi connectivity index (χ1) is 10.0. The molecular weight excluding hydrogens is 282 g/mol. The van der Waals surface area contributed by atoms with Crippen LogP contribution in [0.25, 0.3) is 0 Å². The summed E-state index contributed by atoms with van der Waals surface area (Å²) in [4.78, 5) is 22.9. The van der Waals surface area contributed by atoms with E-state index in [-0.39, 0.29) is 11.5 Å². The van der Waals surface area contributed by atoms with Crippen LogP contribution in [0.3, 0.4) is 0 Å². The molecule has 0 saturated heterocycles. The molecule has 0 amide bonds. The van der Waals surface area contributed by atoms with Gasteiger partial charge >= 0.3 is 11.9 Å². The molecule has 0 bridgehead atoms. The maximum absolute atomic E-state index is 13.2. The fourth-order valence-electron chi connectivity index (χ4n) is 1.47. The van der Waals surface area contributed by atoms with Gasteiger partial charge in [-0.3, -0.25) is 9.59 Å². The first kappa shape index (κ1) is 14.6. The smallest absolute Gasteiger partial charge is 0.322 e. The van der Waals surface area contributed by atoms with Crippen LogP contribution in [0.2, 0.25) is 0 Å². The molecule has 2 rings (SSSR count). The lowest BCUT2D eigenvalue weighted by molar-refractivity contribution is -0.144. The summed E-state index contributed by atoms with van der Waals surface area (Å²) in [5.74, 6) is -3.20. The number of carbonyl (C=O) groups is 2. The van der Waals surface area contributed by atoms with Crippen LogP contribution in [-0.4, -0.2) is 11.9 Å². The van der Waals surface area contributed by atoms with Crippen molar-refractivity contribution < 1.29 is 27.8 Å². The van der Waals surface area contributed by atoms with Crippen LogP contribution >= 0.6 is 0 Å². The Kier molecular flexibility index (Phi) is 4.61. The fraction of sp³-hybridized carbons (Fsp3) is 0.0667. The molecule has 4 nitrogen and oxygen atoms in total. The predicted octanol–water partition coefficient (Wildman–Crippen LogP) is 2.87. The highest BCUT2D eigenvalue weighted by Crippen LogP contribution is 2.16. The molecule has 0 heterocycles. The maximum atomic E-state index is 13.2. The van der Waals surface area contributed by atoms with Gasteiger partial charge in [0, 0.05) is 0 Å². The second-order valence-corrected chi connectivity index (χ2v) is 4.01. The van der Waals surface area contributed by atoms with Crippen LogP contribution in [0.4, 0.5) is 8.78 Å². The molecule has 0 aliphatic heterocycles. The van der Waals surface area contributed by atoms with Crippen LogP contribution in [0, 0.1) is 11.6 Å². The molecule has 0 radical (unpaired) electrons. The quantitative estimate of drug-likeness (QED) is 0.494. The summed E-state index contributed by atoms with van der Waals surface area (Å²) >= 11 is 0. The maximum Gasteiger partial charge on any atom is 0.322 e. The van der Waals surface area contributed by atoms with Crippen LogP contribution in [0.1, 0.15) is 6.42 Å². The van der Waals surface area contributed by atoms with Crippen LogP contribution in [0.5, 0.6) is 11.5 Å². The average Bonchev–Trinajstić information content (AvgIpc) is 2.44. The van der Waals surface area contributed by atoms with Gasteiger partial charge in [0.2, 0.25) is 0 Å². The molecule has 0 N–H and O–H groups in total. The van der Waals surface area contributed by atoms with Crippen LogP contribution in [-0.2, 0) is 9.59 Å². The van der Waals surface area contributed by atoms with Gasteiger partial charge in [0.1, 0.15) is 18.0 Å². The van der Waals surface area contributed by atoms with Crippen molar-refractivity contribution in [2.75, 3.05) is 0 Å². The molecule has 0 unspecified atom stereocenters. The Morgan fingerprint density at radius 3 is 2.14 bits per heavy atom. The summed E-state index contributed by atoms with van der Waals surface area (Å²) in [5, 5.41) is 0. The number of benzene rings is 2. The Bertz CT molecular complexity index is 653. The van der Waals surface area contributed by atoms with E-state index in [9.17, 15) is 18.4 Å². The topological polar surface area (TPSA) is 52.6 Å². The zero-order valence-electron chi connectivity index (χ0n) is 10.7. The Balaban J connectivity index is 1.89. The zero-order valence-corrected chi connectivity index (χ0v) is 10.7. The summed E-state index contributed by atoms with van der Waals surface area (Å²) in [6.45, 7) is 0. The fourth-order valence-corrected chi connectivity index (χ4v) is 1.47.